The molecule has 0 saturated heterocycles. The van der Waals surface area contributed by atoms with Crippen LogP contribution in [0.2, 0.25) is 5.02 Å². The molecule has 0 radical (unpaired) electrons. The Balaban J connectivity index is 2.43. The molecule has 0 spiro atoms. The van der Waals surface area contributed by atoms with Crippen molar-refractivity contribution in [3.8, 4) is 0 Å². The molecule has 94 valence electrons. The lowest BCUT2D eigenvalue weighted by atomic mass is 10.2. The lowest BCUT2D eigenvalue weighted by molar-refractivity contribution is 0.618. The number of nitrogens with one attached hydrogen (secondary N) is 1. The number of rotatable bonds is 2. The Morgan fingerprint density at radius 2 is 1.89 bits per heavy atom. The zero-order chi connectivity index (χ0) is 13.3. The average molecular weight is 269 g/mol. The zero-order valence-electron chi connectivity index (χ0n) is 9.60. The van der Waals surface area contributed by atoms with Crippen molar-refractivity contribution in [1.29, 1.82) is 0 Å². The van der Waals surface area contributed by atoms with Gasteiger partial charge in [-0.1, -0.05) is 17.7 Å². The highest BCUT2D eigenvalue weighted by atomic mass is 35.5. The van der Waals surface area contributed by atoms with Crippen molar-refractivity contribution < 1.29 is 8.78 Å². The minimum Gasteiger partial charge on any atom is -0.397 e. The number of halogens is 3. The topological polar surface area (TPSA) is 38.0 Å². The molecule has 0 aliphatic rings. The van der Waals surface area contributed by atoms with Crippen LogP contribution in [0, 0.1) is 18.6 Å². The third-order valence-electron chi connectivity index (χ3n) is 2.55. The first-order valence-corrected chi connectivity index (χ1v) is 5.63. The Bertz CT molecular complexity index is 580. The summed E-state index contributed by atoms with van der Waals surface area (Å²) >= 11 is 5.96. The summed E-state index contributed by atoms with van der Waals surface area (Å²) in [6.07, 6.45) is 0. The van der Waals surface area contributed by atoms with Crippen molar-refractivity contribution in [3.63, 3.8) is 0 Å². The van der Waals surface area contributed by atoms with Crippen molar-refractivity contribution in [3.05, 3.63) is 52.6 Å². The third-order valence-corrected chi connectivity index (χ3v) is 2.87. The molecule has 2 aromatic rings. The van der Waals surface area contributed by atoms with E-state index in [1.807, 2.05) is 0 Å². The second kappa shape index (κ2) is 4.82. The fraction of sp³-hybridized carbons (Fsp3) is 0.0769. The Kier molecular flexibility index (Phi) is 3.39. The first-order valence-electron chi connectivity index (χ1n) is 5.25. The summed E-state index contributed by atoms with van der Waals surface area (Å²) in [7, 11) is 0. The van der Waals surface area contributed by atoms with E-state index < -0.39 is 11.6 Å². The number of anilines is 3. The summed E-state index contributed by atoms with van der Waals surface area (Å²) in [6, 6.07) is 6.98. The highest BCUT2D eigenvalue weighted by molar-refractivity contribution is 6.33. The van der Waals surface area contributed by atoms with Gasteiger partial charge in [-0.05, 0) is 36.8 Å². The van der Waals surface area contributed by atoms with Gasteiger partial charge in [-0.25, -0.2) is 8.78 Å². The summed E-state index contributed by atoms with van der Waals surface area (Å²) in [6.45, 7) is 1.60. The number of benzene rings is 2. The quantitative estimate of drug-likeness (QED) is 0.799. The van der Waals surface area contributed by atoms with Crippen LogP contribution in [0.15, 0.2) is 30.3 Å². The lowest BCUT2D eigenvalue weighted by Crippen LogP contribution is -2.00. The average Bonchev–Trinajstić information content (AvgIpc) is 2.30. The first kappa shape index (κ1) is 12.6. The van der Waals surface area contributed by atoms with Gasteiger partial charge in [-0.3, -0.25) is 0 Å². The maximum absolute atomic E-state index is 13.6. The van der Waals surface area contributed by atoms with E-state index in [1.165, 1.54) is 24.3 Å². The van der Waals surface area contributed by atoms with E-state index in [2.05, 4.69) is 5.32 Å². The minimum atomic E-state index is -0.521. The van der Waals surface area contributed by atoms with Gasteiger partial charge in [0, 0.05) is 0 Å². The second-order valence-corrected chi connectivity index (χ2v) is 4.32. The molecule has 0 atom stereocenters. The SMILES string of the molecule is Cc1cc(Cl)c(Nc2c(N)cccc2F)cc1F. The van der Waals surface area contributed by atoms with E-state index in [4.69, 9.17) is 17.3 Å². The van der Waals surface area contributed by atoms with E-state index >= 15 is 0 Å². The van der Waals surface area contributed by atoms with Crippen LogP contribution in [-0.2, 0) is 0 Å². The maximum atomic E-state index is 13.6. The molecule has 5 heteroatoms. The van der Waals surface area contributed by atoms with Crippen LogP contribution in [0.3, 0.4) is 0 Å². The summed E-state index contributed by atoms with van der Waals surface area (Å²) < 4.78 is 27.0. The summed E-state index contributed by atoms with van der Waals surface area (Å²) in [5, 5.41) is 3.01. The molecule has 0 aliphatic carbocycles. The van der Waals surface area contributed by atoms with Crippen LogP contribution < -0.4 is 11.1 Å². The van der Waals surface area contributed by atoms with E-state index in [0.29, 0.717) is 10.6 Å². The molecule has 0 aliphatic heterocycles. The highest BCUT2D eigenvalue weighted by Crippen LogP contribution is 2.31. The number of nitrogens with two attached hydrogens (primary N) is 1. The van der Waals surface area contributed by atoms with Gasteiger partial charge in [-0.15, -0.1) is 0 Å². The molecule has 3 N–H and O–H groups in total. The molecular weight excluding hydrogens is 258 g/mol. The normalized spacial score (nSPS) is 10.4. The summed E-state index contributed by atoms with van der Waals surface area (Å²) in [5.41, 5.74) is 6.66. The van der Waals surface area contributed by atoms with E-state index in [1.54, 1.807) is 13.0 Å². The minimum absolute atomic E-state index is 0.0858. The van der Waals surface area contributed by atoms with Crippen LogP contribution in [0.25, 0.3) is 0 Å². The van der Waals surface area contributed by atoms with Gasteiger partial charge in [0.15, 0.2) is 0 Å². The molecule has 18 heavy (non-hydrogen) atoms. The first-order chi connectivity index (χ1) is 8.49. The molecule has 0 amide bonds. The van der Waals surface area contributed by atoms with E-state index in [0.717, 1.165) is 0 Å². The fourth-order valence-corrected chi connectivity index (χ4v) is 1.81. The zero-order valence-corrected chi connectivity index (χ0v) is 10.4. The largest absolute Gasteiger partial charge is 0.397 e. The van der Waals surface area contributed by atoms with Crippen molar-refractivity contribution in [2.24, 2.45) is 0 Å². The van der Waals surface area contributed by atoms with E-state index in [9.17, 15) is 8.78 Å². The van der Waals surface area contributed by atoms with Crippen LogP contribution in [0.5, 0.6) is 0 Å². The fourth-order valence-electron chi connectivity index (χ4n) is 1.55. The summed E-state index contributed by atoms with van der Waals surface area (Å²) in [5.74, 6) is -0.941. The Morgan fingerprint density at radius 3 is 2.56 bits per heavy atom. The Labute approximate surface area is 108 Å². The van der Waals surface area contributed by atoms with Crippen molar-refractivity contribution >= 4 is 28.7 Å². The number of para-hydroxylation sites is 1. The highest BCUT2D eigenvalue weighted by Gasteiger charge is 2.10. The molecule has 0 aromatic heterocycles. The monoisotopic (exact) mass is 268 g/mol. The van der Waals surface area contributed by atoms with Crippen LogP contribution in [0.1, 0.15) is 5.56 Å². The molecule has 0 heterocycles. The maximum Gasteiger partial charge on any atom is 0.148 e. The van der Waals surface area contributed by atoms with Crippen molar-refractivity contribution in [2.75, 3.05) is 11.1 Å². The smallest absolute Gasteiger partial charge is 0.148 e. The Morgan fingerprint density at radius 1 is 1.17 bits per heavy atom. The molecule has 2 nitrogen and oxygen atoms in total. The van der Waals surface area contributed by atoms with E-state index in [-0.39, 0.29) is 17.1 Å². The number of nitrogen functional groups attached to an aromatic ring is 1. The predicted molar refractivity (Wildman–Crippen MR) is 70.2 cm³/mol. The van der Waals surface area contributed by atoms with Crippen molar-refractivity contribution in [2.45, 2.75) is 6.92 Å². The summed E-state index contributed by atoms with van der Waals surface area (Å²) in [4.78, 5) is 0. The van der Waals surface area contributed by atoms with Gasteiger partial charge in [0.05, 0.1) is 22.1 Å². The van der Waals surface area contributed by atoms with Gasteiger partial charge in [0.1, 0.15) is 11.6 Å². The van der Waals surface area contributed by atoms with Gasteiger partial charge < -0.3 is 11.1 Å². The molecule has 0 fully saturated rings. The van der Waals surface area contributed by atoms with Crippen LogP contribution in [0.4, 0.5) is 25.8 Å². The molecular formula is C13H11ClF2N2. The molecule has 0 unspecified atom stereocenters. The van der Waals surface area contributed by atoms with Crippen LogP contribution >= 0.6 is 11.6 Å². The van der Waals surface area contributed by atoms with Gasteiger partial charge in [-0.2, -0.15) is 0 Å². The van der Waals surface area contributed by atoms with Crippen LogP contribution in [-0.4, -0.2) is 0 Å². The third kappa shape index (κ3) is 2.38. The van der Waals surface area contributed by atoms with Gasteiger partial charge in [0.25, 0.3) is 0 Å². The molecule has 0 bridgehead atoms. The van der Waals surface area contributed by atoms with Crippen molar-refractivity contribution in [1.82, 2.24) is 0 Å². The Hall–Kier alpha value is -1.81. The number of aryl methyl sites for hydroxylation is 1. The predicted octanol–water partition coefficient (Wildman–Crippen LogP) is 4.25. The standard InChI is InChI=1S/C13H11ClF2N2/c1-7-5-8(14)12(6-10(7)16)18-13-9(15)3-2-4-11(13)17/h2-6,18H,17H2,1H3. The second-order valence-electron chi connectivity index (χ2n) is 3.91. The number of hydrogen-bond acceptors (Lipinski definition) is 2. The van der Waals surface area contributed by atoms with Gasteiger partial charge in [0.2, 0.25) is 0 Å². The lowest BCUT2D eigenvalue weighted by Gasteiger charge is -2.12. The molecule has 2 aromatic carbocycles. The molecule has 0 saturated carbocycles. The number of hydrogen-bond donors (Lipinski definition) is 2. The molecule has 2 rings (SSSR count). The van der Waals surface area contributed by atoms with Gasteiger partial charge >= 0.3 is 0 Å².